The summed E-state index contributed by atoms with van der Waals surface area (Å²) in [5.74, 6) is 0. The van der Waals surface area contributed by atoms with E-state index in [1.165, 1.54) is 21.3 Å². The second kappa shape index (κ2) is 9.33. The molecule has 0 spiro atoms. The van der Waals surface area contributed by atoms with Gasteiger partial charge in [0, 0.05) is 54.7 Å². The van der Waals surface area contributed by atoms with Gasteiger partial charge in [0.25, 0.3) is 0 Å². The summed E-state index contributed by atoms with van der Waals surface area (Å²) >= 11 is 0. The summed E-state index contributed by atoms with van der Waals surface area (Å²) in [5, 5.41) is 10.5. The van der Waals surface area contributed by atoms with E-state index in [1.54, 1.807) is 28.3 Å². The minimum absolute atomic E-state index is 0.324. The molecule has 0 aliphatic rings. The molecule has 0 heterocycles. The van der Waals surface area contributed by atoms with Crippen LogP contribution in [0.3, 0.4) is 0 Å². The summed E-state index contributed by atoms with van der Waals surface area (Å²) in [6.07, 6.45) is 1.25. The van der Waals surface area contributed by atoms with Gasteiger partial charge < -0.3 is 31.7 Å². The molecule has 1 N–H and O–H groups in total. The molecule has 0 saturated heterocycles. The summed E-state index contributed by atoms with van der Waals surface area (Å²) in [4.78, 5) is 0. The van der Waals surface area contributed by atoms with Crippen LogP contribution in [0.5, 0.6) is 0 Å². The monoisotopic (exact) mass is 342 g/mol. The predicted octanol–water partition coefficient (Wildman–Crippen LogP) is 1.27. The van der Waals surface area contributed by atoms with Crippen LogP contribution in [-0.4, -0.2) is 71.0 Å². The highest BCUT2D eigenvalue weighted by atomic mass is 28.4. The van der Waals surface area contributed by atoms with E-state index in [0.717, 1.165) is 0 Å². The molecule has 0 amide bonds. The molecule has 0 aromatic rings. The van der Waals surface area contributed by atoms with E-state index < -0.39 is 23.2 Å². The Labute approximate surface area is 130 Å². The van der Waals surface area contributed by atoms with Gasteiger partial charge in [-0.25, -0.2) is 0 Å². The first-order chi connectivity index (χ1) is 9.78. The van der Waals surface area contributed by atoms with E-state index >= 15 is 0 Å². The van der Waals surface area contributed by atoms with E-state index in [1.807, 2.05) is 0 Å². The lowest BCUT2D eigenvalue weighted by atomic mass is 10.0. The normalized spacial score (nSPS) is 16.0. The Hall–Kier alpha value is 0.154. The Morgan fingerprint density at radius 1 is 0.762 bits per heavy atom. The van der Waals surface area contributed by atoms with Crippen molar-refractivity contribution in [1.29, 1.82) is 0 Å². The van der Waals surface area contributed by atoms with Gasteiger partial charge in [0.2, 0.25) is 0 Å². The summed E-state index contributed by atoms with van der Waals surface area (Å²) in [6.45, 7) is 1.75. The summed E-state index contributed by atoms with van der Waals surface area (Å²) in [7, 11) is 3.95. The van der Waals surface area contributed by atoms with Crippen molar-refractivity contribution in [1.82, 2.24) is 0 Å². The first-order valence-electron chi connectivity index (χ1n) is 6.81. The van der Waals surface area contributed by atoms with Gasteiger partial charge in [-0.3, -0.25) is 0 Å². The summed E-state index contributed by atoms with van der Waals surface area (Å²) in [5.41, 5.74) is -0.955. The standard InChI is InChI=1S/C12H30O7Si2/c1-12(13,11-21(17-5,18-6)19-7)9-8-10-20(14-2,15-3)16-4/h13H,8-11H2,1-7H3. The van der Waals surface area contributed by atoms with Crippen LogP contribution in [0.15, 0.2) is 0 Å². The molecular formula is C12H30O7Si2. The highest BCUT2D eigenvalue weighted by Crippen LogP contribution is 2.28. The zero-order valence-corrected chi connectivity index (χ0v) is 16.2. The lowest BCUT2D eigenvalue weighted by Gasteiger charge is -2.33. The van der Waals surface area contributed by atoms with E-state index in [2.05, 4.69) is 0 Å². The van der Waals surface area contributed by atoms with Gasteiger partial charge in [-0.05, 0) is 19.8 Å². The summed E-state index contributed by atoms with van der Waals surface area (Å²) in [6, 6.07) is 0.957. The number of hydrogen-bond donors (Lipinski definition) is 1. The molecule has 0 rings (SSSR count). The van der Waals surface area contributed by atoms with Crippen molar-refractivity contribution >= 4 is 17.6 Å². The molecule has 0 aliphatic carbocycles. The molecule has 0 aromatic carbocycles. The quantitative estimate of drug-likeness (QED) is 0.535. The second-order valence-corrected chi connectivity index (χ2v) is 11.2. The van der Waals surface area contributed by atoms with Crippen molar-refractivity contribution in [2.24, 2.45) is 0 Å². The molecule has 7 nitrogen and oxygen atoms in total. The van der Waals surface area contributed by atoms with E-state index in [9.17, 15) is 5.11 Å². The molecule has 9 heteroatoms. The Bertz CT molecular complexity index is 264. The first-order valence-corrected chi connectivity index (χ1v) is 10.7. The molecule has 0 fully saturated rings. The molecule has 0 radical (unpaired) electrons. The number of aliphatic hydroxyl groups is 1. The van der Waals surface area contributed by atoms with Crippen LogP contribution >= 0.6 is 0 Å². The van der Waals surface area contributed by atoms with Crippen molar-refractivity contribution < 1.29 is 31.7 Å². The highest BCUT2D eigenvalue weighted by Gasteiger charge is 2.45. The second-order valence-electron chi connectivity index (χ2n) is 5.12. The topological polar surface area (TPSA) is 75.6 Å². The Kier molecular flexibility index (Phi) is 9.40. The van der Waals surface area contributed by atoms with Crippen LogP contribution in [0.25, 0.3) is 0 Å². The number of rotatable bonds is 12. The molecule has 0 bridgehead atoms. The maximum absolute atomic E-state index is 10.5. The average molecular weight is 343 g/mol. The van der Waals surface area contributed by atoms with Crippen LogP contribution in [-0.2, 0) is 26.6 Å². The number of hydrogen-bond acceptors (Lipinski definition) is 7. The Morgan fingerprint density at radius 3 is 1.48 bits per heavy atom. The van der Waals surface area contributed by atoms with E-state index in [-0.39, 0.29) is 0 Å². The SMILES string of the molecule is CO[Si](CCCC(C)(O)C[Si](OC)(OC)OC)(OC)OC. The lowest BCUT2D eigenvalue weighted by Crippen LogP contribution is -2.49. The molecule has 1 atom stereocenters. The highest BCUT2D eigenvalue weighted by molar-refractivity contribution is 6.61. The Balaban J connectivity index is 4.55. The fraction of sp³-hybridized carbons (Fsp3) is 1.00. The van der Waals surface area contributed by atoms with E-state index in [4.69, 9.17) is 26.6 Å². The third-order valence-corrected chi connectivity index (χ3v) is 9.55. The largest absolute Gasteiger partial charge is 0.503 e. The minimum Gasteiger partial charge on any atom is -0.390 e. The van der Waals surface area contributed by atoms with Crippen molar-refractivity contribution in [3.05, 3.63) is 0 Å². The van der Waals surface area contributed by atoms with Gasteiger partial charge in [0.15, 0.2) is 0 Å². The van der Waals surface area contributed by atoms with Crippen LogP contribution in [0.4, 0.5) is 0 Å². The molecule has 1 unspecified atom stereocenters. The molecule has 0 saturated carbocycles. The summed E-state index contributed by atoms with van der Waals surface area (Å²) < 4.78 is 32.1. The molecular weight excluding hydrogens is 312 g/mol. The van der Waals surface area contributed by atoms with E-state index in [0.29, 0.717) is 24.9 Å². The van der Waals surface area contributed by atoms with Crippen LogP contribution in [0, 0.1) is 0 Å². The van der Waals surface area contributed by atoms with Crippen LogP contribution in [0.2, 0.25) is 12.1 Å². The predicted molar refractivity (Wildman–Crippen MR) is 83.0 cm³/mol. The fourth-order valence-electron chi connectivity index (χ4n) is 2.26. The van der Waals surface area contributed by atoms with Crippen molar-refractivity contribution in [2.75, 3.05) is 42.7 Å². The fourth-order valence-corrected chi connectivity index (χ4v) is 6.03. The molecule has 0 aliphatic heterocycles. The van der Waals surface area contributed by atoms with Gasteiger partial charge >= 0.3 is 17.6 Å². The van der Waals surface area contributed by atoms with Crippen molar-refractivity contribution in [2.45, 2.75) is 37.5 Å². The average Bonchev–Trinajstić information content (AvgIpc) is 2.50. The third kappa shape index (κ3) is 6.42. The molecule has 0 aromatic heterocycles. The van der Waals surface area contributed by atoms with Gasteiger partial charge in [0.1, 0.15) is 0 Å². The van der Waals surface area contributed by atoms with Crippen molar-refractivity contribution in [3.8, 4) is 0 Å². The molecule has 21 heavy (non-hydrogen) atoms. The van der Waals surface area contributed by atoms with Crippen LogP contribution < -0.4 is 0 Å². The maximum atomic E-state index is 10.5. The van der Waals surface area contributed by atoms with Crippen molar-refractivity contribution in [3.63, 3.8) is 0 Å². The lowest BCUT2D eigenvalue weighted by molar-refractivity contribution is 0.0339. The zero-order valence-electron chi connectivity index (χ0n) is 14.2. The first kappa shape index (κ1) is 21.2. The third-order valence-electron chi connectivity index (χ3n) is 3.66. The van der Waals surface area contributed by atoms with Gasteiger partial charge in [-0.2, -0.15) is 0 Å². The smallest absolute Gasteiger partial charge is 0.390 e. The molecule has 128 valence electrons. The zero-order chi connectivity index (χ0) is 16.6. The maximum Gasteiger partial charge on any atom is 0.503 e. The Morgan fingerprint density at radius 2 is 1.14 bits per heavy atom. The van der Waals surface area contributed by atoms with Gasteiger partial charge in [-0.1, -0.05) is 0 Å². The minimum atomic E-state index is -2.81. The van der Waals surface area contributed by atoms with Gasteiger partial charge in [-0.15, -0.1) is 0 Å². The van der Waals surface area contributed by atoms with Gasteiger partial charge in [0.05, 0.1) is 5.60 Å². The van der Waals surface area contributed by atoms with Crippen LogP contribution in [0.1, 0.15) is 19.8 Å².